The molecule has 2 rings (SSSR count). The standard InChI is InChI=1S/C11H16N2O5/c1-12-17-10(15)7-5-3-4-6(9(5)14)8(7)11(16)18-13-2/h3-9,12-14H,1-2H3/t5?,6?,7-,8-,9?/m0/s1. The topological polar surface area (TPSA) is 96.9 Å². The smallest absolute Gasteiger partial charge is 0.329 e. The fourth-order valence-corrected chi connectivity index (χ4v) is 2.83. The summed E-state index contributed by atoms with van der Waals surface area (Å²) in [5.41, 5.74) is 4.57. The first kappa shape index (κ1) is 13.0. The number of aliphatic hydroxyl groups excluding tert-OH is 1. The van der Waals surface area contributed by atoms with E-state index in [0.29, 0.717) is 0 Å². The SMILES string of the molecule is CNOC(=O)[C@H]1C2C=CC(C2O)[C@@H]1C(=O)ONC. The molecule has 0 aromatic heterocycles. The van der Waals surface area contributed by atoms with Gasteiger partial charge in [-0.05, 0) is 0 Å². The molecule has 0 radical (unpaired) electrons. The van der Waals surface area contributed by atoms with Crippen molar-refractivity contribution in [2.24, 2.45) is 23.7 Å². The molecule has 0 saturated heterocycles. The highest BCUT2D eigenvalue weighted by Gasteiger charge is 2.58. The number of fused-ring (bicyclic) bond motifs is 2. The fourth-order valence-electron chi connectivity index (χ4n) is 2.83. The van der Waals surface area contributed by atoms with Crippen LogP contribution in [0.3, 0.4) is 0 Å². The first-order chi connectivity index (χ1) is 8.61. The maximum absolute atomic E-state index is 11.8. The van der Waals surface area contributed by atoms with Gasteiger partial charge in [-0.2, -0.15) is 11.0 Å². The van der Waals surface area contributed by atoms with Gasteiger partial charge in [-0.1, -0.05) is 12.2 Å². The second kappa shape index (κ2) is 5.05. The van der Waals surface area contributed by atoms with Crippen molar-refractivity contribution >= 4 is 11.9 Å². The van der Waals surface area contributed by atoms with Crippen LogP contribution in [-0.2, 0) is 19.3 Å². The van der Waals surface area contributed by atoms with E-state index in [1.165, 1.54) is 14.1 Å². The minimum Gasteiger partial charge on any atom is -0.392 e. The lowest BCUT2D eigenvalue weighted by Crippen LogP contribution is -2.38. The van der Waals surface area contributed by atoms with Gasteiger partial charge in [-0.15, -0.1) is 0 Å². The van der Waals surface area contributed by atoms with Gasteiger partial charge >= 0.3 is 11.9 Å². The predicted octanol–water partition coefficient (Wildman–Crippen LogP) is -1.25. The summed E-state index contributed by atoms with van der Waals surface area (Å²) in [6.07, 6.45) is 2.76. The molecule has 0 amide bonds. The van der Waals surface area contributed by atoms with Crippen LogP contribution >= 0.6 is 0 Å². The molecule has 7 heteroatoms. The third kappa shape index (κ3) is 1.90. The summed E-state index contributed by atoms with van der Waals surface area (Å²) < 4.78 is 0. The van der Waals surface area contributed by atoms with Gasteiger partial charge in [-0.3, -0.25) is 9.59 Å². The molecule has 2 unspecified atom stereocenters. The van der Waals surface area contributed by atoms with Crippen molar-refractivity contribution < 1.29 is 24.4 Å². The summed E-state index contributed by atoms with van der Waals surface area (Å²) in [5.74, 6) is -3.36. The van der Waals surface area contributed by atoms with Crippen molar-refractivity contribution in [3.8, 4) is 0 Å². The van der Waals surface area contributed by atoms with Crippen LogP contribution < -0.4 is 11.0 Å². The molecule has 0 aromatic carbocycles. The number of nitrogens with one attached hydrogen (secondary N) is 2. The molecule has 0 aromatic rings. The van der Waals surface area contributed by atoms with Crippen LogP contribution in [0.15, 0.2) is 12.2 Å². The molecule has 2 bridgehead atoms. The normalized spacial score (nSPS) is 36.7. The molecule has 0 spiro atoms. The quantitative estimate of drug-likeness (QED) is 0.427. The number of carbonyl (C=O) groups excluding carboxylic acids is 2. The third-order valence-electron chi connectivity index (χ3n) is 3.51. The molecule has 2 aliphatic carbocycles. The molecule has 0 aliphatic heterocycles. The number of rotatable bonds is 4. The molecule has 4 atom stereocenters. The maximum atomic E-state index is 11.8. The molecule has 1 fully saturated rings. The number of carbonyl (C=O) groups is 2. The second-order valence-corrected chi connectivity index (χ2v) is 4.33. The van der Waals surface area contributed by atoms with Crippen LogP contribution in [-0.4, -0.2) is 37.2 Å². The Morgan fingerprint density at radius 2 is 1.39 bits per heavy atom. The summed E-state index contributed by atoms with van der Waals surface area (Å²) in [7, 11) is 2.91. The Kier molecular flexibility index (Phi) is 3.65. The van der Waals surface area contributed by atoms with Gasteiger partial charge in [0.25, 0.3) is 0 Å². The summed E-state index contributed by atoms with van der Waals surface area (Å²) >= 11 is 0. The van der Waals surface area contributed by atoms with Crippen LogP contribution in [0.25, 0.3) is 0 Å². The summed E-state index contributed by atoms with van der Waals surface area (Å²) in [6.45, 7) is 0. The Morgan fingerprint density at radius 1 is 1.00 bits per heavy atom. The van der Waals surface area contributed by atoms with Gasteiger partial charge < -0.3 is 14.8 Å². The number of hydrogen-bond acceptors (Lipinski definition) is 7. The highest BCUT2D eigenvalue weighted by Crippen LogP contribution is 2.48. The Hall–Kier alpha value is -1.44. The molecule has 100 valence electrons. The zero-order valence-corrected chi connectivity index (χ0v) is 10.1. The Bertz CT molecular complexity index is 350. The molecule has 7 nitrogen and oxygen atoms in total. The van der Waals surface area contributed by atoms with E-state index in [0.717, 1.165) is 0 Å². The molecule has 0 heterocycles. The summed E-state index contributed by atoms with van der Waals surface area (Å²) in [5, 5.41) is 9.98. The number of aliphatic hydroxyl groups is 1. The summed E-state index contributed by atoms with van der Waals surface area (Å²) in [6, 6.07) is 0. The first-order valence-electron chi connectivity index (χ1n) is 5.73. The van der Waals surface area contributed by atoms with E-state index in [1.807, 2.05) is 0 Å². The maximum Gasteiger partial charge on any atom is 0.329 e. The highest BCUT2D eigenvalue weighted by atomic mass is 16.7. The van der Waals surface area contributed by atoms with Crippen molar-refractivity contribution in [1.29, 1.82) is 0 Å². The van der Waals surface area contributed by atoms with Crippen LogP contribution in [0.2, 0.25) is 0 Å². The van der Waals surface area contributed by atoms with Gasteiger partial charge in [0, 0.05) is 25.9 Å². The highest BCUT2D eigenvalue weighted by molar-refractivity contribution is 5.84. The van der Waals surface area contributed by atoms with Crippen molar-refractivity contribution in [2.75, 3.05) is 14.1 Å². The zero-order valence-electron chi connectivity index (χ0n) is 10.1. The molecular formula is C11H16N2O5. The third-order valence-corrected chi connectivity index (χ3v) is 3.51. The van der Waals surface area contributed by atoms with Gasteiger partial charge in [0.05, 0.1) is 17.9 Å². The van der Waals surface area contributed by atoms with E-state index in [-0.39, 0.29) is 0 Å². The lowest BCUT2D eigenvalue weighted by atomic mass is 9.83. The van der Waals surface area contributed by atoms with Crippen LogP contribution in [0.1, 0.15) is 0 Å². The van der Waals surface area contributed by atoms with E-state index >= 15 is 0 Å². The zero-order chi connectivity index (χ0) is 13.3. The monoisotopic (exact) mass is 256 g/mol. The lowest BCUT2D eigenvalue weighted by molar-refractivity contribution is -0.168. The van der Waals surface area contributed by atoms with Gasteiger partial charge in [0.2, 0.25) is 0 Å². The van der Waals surface area contributed by atoms with Gasteiger partial charge in [-0.25, -0.2) is 0 Å². The average Bonchev–Trinajstić information content (AvgIpc) is 2.83. The van der Waals surface area contributed by atoms with Gasteiger partial charge in [0.1, 0.15) is 0 Å². The van der Waals surface area contributed by atoms with Crippen molar-refractivity contribution in [2.45, 2.75) is 6.10 Å². The molecular weight excluding hydrogens is 240 g/mol. The minimum atomic E-state index is -0.742. The van der Waals surface area contributed by atoms with Crippen molar-refractivity contribution in [3.63, 3.8) is 0 Å². The Balaban J connectivity index is 2.22. The van der Waals surface area contributed by atoms with E-state index in [9.17, 15) is 14.7 Å². The molecule has 1 saturated carbocycles. The van der Waals surface area contributed by atoms with Gasteiger partial charge in [0.15, 0.2) is 0 Å². The molecule has 2 aliphatic rings. The van der Waals surface area contributed by atoms with Crippen LogP contribution in [0, 0.1) is 23.7 Å². The number of hydroxylamine groups is 2. The first-order valence-corrected chi connectivity index (χ1v) is 5.73. The fraction of sp³-hybridized carbons (Fsp3) is 0.636. The van der Waals surface area contributed by atoms with Crippen molar-refractivity contribution in [1.82, 2.24) is 11.0 Å². The van der Waals surface area contributed by atoms with Crippen LogP contribution in [0.4, 0.5) is 0 Å². The van der Waals surface area contributed by atoms with Crippen LogP contribution in [0.5, 0.6) is 0 Å². The molecule has 3 N–H and O–H groups in total. The van der Waals surface area contributed by atoms with E-state index in [4.69, 9.17) is 9.68 Å². The summed E-state index contributed by atoms with van der Waals surface area (Å²) in [4.78, 5) is 33.1. The minimum absolute atomic E-state index is 0.398. The molecule has 18 heavy (non-hydrogen) atoms. The largest absolute Gasteiger partial charge is 0.392 e. The van der Waals surface area contributed by atoms with Crippen molar-refractivity contribution in [3.05, 3.63) is 12.2 Å². The second-order valence-electron chi connectivity index (χ2n) is 4.33. The number of hydrogen-bond donors (Lipinski definition) is 3. The predicted molar refractivity (Wildman–Crippen MR) is 59.4 cm³/mol. The Morgan fingerprint density at radius 3 is 1.72 bits per heavy atom. The average molecular weight is 256 g/mol. The van der Waals surface area contributed by atoms with E-state index in [2.05, 4.69) is 11.0 Å². The lowest BCUT2D eigenvalue weighted by Gasteiger charge is -2.23. The van der Waals surface area contributed by atoms with E-state index < -0.39 is 41.7 Å². The van der Waals surface area contributed by atoms with E-state index in [1.54, 1.807) is 12.2 Å². The Labute approximate surface area is 104 Å².